The first-order chi connectivity index (χ1) is 10.1. The fraction of sp³-hybridized carbons (Fsp3) is 0.562. The third-order valence-corrected chi connectivity index (χ3v) is 3.64. The SMILES string of the molecule is CC(C)CCNC(=O)c1ccnc(C(=O)N2CCCC2)c1. The molecule has 1 N–H and O–H groups in total. The molecule has 0 spiro atoms. The molecule has 1 saturated heterocycles. The van der Waals surface area contributed by atoms with Gasteiger partial charge in [0.15, 0.2) is 0 Å². The van der Waals surface area contributed by atoms with Gasteiger partial charge in [0.25, 0.3) is 11.8 Å². The summed E-state index contributed by atoms with van der Waals surface area (Å²) in [5.41, 5.74) is 0.852. The van der Waals surface area contributed by atoms with Crippen molar-refractivity contribution >= 4 is 11.8 Å². The van der Waals surface area contributed by atoms with Gasteiger partial charge < -0.3 is 10.2 Å². The zero-order valence-corrected chi connectivity index (χ0v) is 12.8. The van der Waals surface area contributed by atoms with Crippen LogP contribution in [-0.2, 0) is 0 Å². The molecule has 0 unspecified atom stereocenters. The lowest BCUT2D eigenvalue weighted by Gasteiger charge is -2.14. The van der Waals surface area contributed by atoms with Crippen LogP contribution in [0.4, 0.5) is 0 Å². The Balaban J connectivity index is 1.99. The Kier molecular flexibility index (Phi) is 5.31. The van der Waals surface area contributed by atoms with E-state index in [0.29, 0.717) is 23.7 Å². The van der Waals surface area contributed by atoms with Crippen LogP contribution in [0.1, 0.15) is 54.0 Å². The van der Waals surface area contributed by atoms with Crippen LogP contribution >= 0.6 is 0 Å². The number of pyridine rings is 1. The Bertz CT molecular complexity index is 508. The molecular formula is C16H23N3O2. The number of nitrogens with zero attached hydrogens (tertiary/aromatic N) is 2. The molecule has 1 aliphatic heterocycles. The van der Waals surface area contributed by atoms with Gasteiger partial charge in [0.1, 0.15) is 5.69 Å². The van der Waals surface area contributed by atoms with Gasteiger partial charge in [-0.05, 0) is 37.3 Å². The molecule has 0 radical (unpaired) electrons. The molecule has 21 heavy (non-hydrogen) atoms. The van der Waals surface area contributed by atoms with E-state index < -0.39 is 0 Å². The van der Waals surface area contributed by atoms with Crippen molar-refractivity contribution < 1.29 is 9.59 Å². The summed E-state index contributed by atoms with van der Waals surface area (Å²) in [5.74, 6) is 0.327. The van der Waals surface area contributed by atoms with Crippen molar-refractivity contribution in [2.45, 2.75) is 33.1 Å². The maximum absolute atomic E-state index is 12.3. The molecular weight excluding hydrogens is 266 g/mol. The number of amides is 2. The van der Waals surface area contributed by atoms with Crippen molar-refractivity contribution in [3.05, 3.63) is 29.6 Å². The largest absolute Gasteiger partial charge is 0.352 e. The highest BCUT2D eigenvalue weighted by atomic mass is 16.2. The zero-order chi connectivity index (χ0) is 15.2. The molecule has 2 heterocycles. The summed E-state index contributed by atoms with van der Waals surface area (Å²) >= 11 is 0. The number of likely N-dealkylation sites (tertiary alicyclic amines) is 1. The van der Waals surface area contributed by atoms with E-state index in [-0.39, 0.29) is 11.8 Å². The second kappa shape index (κ2) is 7.20. The van der Waals surface area contributed by atoms with Gasteiger partial charge in [-0.1, -0.05) is 13.8 Å². The Labute approximate surface area is 125 Å². The quantitative estimate of drug-likeness (QED) is 0.903. The second-order valence-electron chi connectivity index (χ2n) is 5.87. The number of aromatic nitrogens is 1. The molecule has 5 nitrogen and oxygen atoms in total. The van der Waals surface area contributed by atoms with Gasteiger partial charge >= 0.3 is 0 Å². The predicted octanol–water partition coefficient (Wildman–Crippen LogP) is 2.09. The molecule has 5 heteroatoms. The van der Waals surface area contributed by atoms with E-state index in [1.165, 1.54) is 6.20 Å². The van der Waals surface area contributed by atoms with Crippen LogP contribution in [0.2, 0.25) is 0 Å². The molecule has 1 aromatic heterocycles. The first kappa shape index (κ1) is 15.5. The molecule has 1 fully saturated rings. The molecule has 0 saturated carbocycles. The van der Waals surface area contributed by atoms with Gasteiger partial charge in [-0.2, -0.15) is 0 Å². The zero-order valence-electron chi connectivity index (χ0n) is 12.8. The Morgan fingerprint density at radius 2 is 2.05 bits per heavy atom. The molecule has 1 aliphatic rings. The summed E-state index contributed by atoms with van der Waals surface area (Å²) in [6.07, 6.45) is 4.55. The Hall–Kier alpha value is -1.91. The van der Waals surface area contributed by atoms with E-state index in [2.05, 4.69) is 24.1 Å². The molecule has 0 aromatic carbocycles. The second-order valence-corrected chi connectivity index (χ2v) is 5.87. The van der Waals surface area contributed by atoms with Gasteiger partial charge in [0.05, 0.1) is 0 Å². The molecule has 2 rings (SSSR count). The van der Waals surface area contributed by atoms with Gasteiger partial charge in [0.2, 0.25) is 0 Å². The summed E-state index contributed by atoms with van der Waals surface area (Å²) in [6, 6.07) is 3.23. The lowest BCUT2D eigenvalue weighted by molar-refractivity contribution is 0.0787. The van der Waals surface area contributed by atoms with Crippen molar-refractivity contribution in [1.82, 2.24) is 15.2 Å². The number of carbonyl (C=O) groups excluding carboxylic acids is 2. The average Bonchev–Trinajstić information content (AvgIpc) is 3.00. The molecule has 114 valence electrons. The highest BCUT2D eigenvalue weighted by Crippen LogP contribution is 2.12. The van der Waals surface area contributed by atoms with Gasteiger partial charge in [-0.3, -0.25) is 14.6 Å². The molecule has 1 aromatic rings. The maximum Gasteiger partial charge on any atom is 0.272 e. The van der Waals surface area contributed by atoms with Crippen molar-refractivity contribution in [1.29, 1.82) is 0 Å². The summed E-state index contributed by atoms with van der Waals surface area (Å²) < 4.78 is 0. The van der Waals surface area contributed by atoms with Crippen LogP contribution in [0.15, 0.2) is 18.3 Å². The molecule has 0 atom stereocenters. The van der Waals surface area contributed by atoms with Crippen molar-refractivity contribution in [3.8, 4) is 0 Å². The number of hydrogen-bond acceptors (Lipinski definition) is 3. The van der Waals surface area contributed by atoms with Gasteiger partial charge in [-0.15, -0.1) is 0 Å². The minimum absolute atomic E-state index is 0.0793. The fourth-order valence-electron chi connectivity index (χ4n) is 2.35. The number of nitrogens with one attached hydrogen (secondary N) is 1. The smallest absolute Gasteiger partial charge is 0.272 e. The van der Waals surface area contributed by atoms with Crippen molar-refractivity contribution in [2.75, 3.05) is 19.6 Å². The first-order valence-corrected chi connectivity index (χ1v) is 7.61. The highest BCUT2D eigenvalue weighted by Gasteiger charge is 2.21. The van der Waals surface area contributed by atoms with E-state index in [0.717, 1.165) is 32.4 Å². The summed E-state index contributed by atoms with van der Waals surface area (Å²) in [6.45, 7) is 6.45. The topological polar surface area (TPSA) is 62.3 Å². The first-order valence-electron chi connectivity index (χ1n) is 7.61. The predicted molar refractivity (Wildman–Crippen MR) is 81.2 cm³/mol. The standard InChI is InChI=1S/C16H23N3O2/c1-12(2)5-7-18-15(20)13-6-8-17-14(11-13)16(21)19-9-3-4-10-19/h6,8,11-12H,3-5,7,9-10H2,1-2H3,(H,18,20). The van der Waals surface area contributed by atoms with Crippen molar-refractivity contribution in [3.63, 3.8) is 0 Å². The summed E-state index contributed by atoms with van der Waals surface area (Å²) in [4.78, 5) is 30.2. The minimum atomic E-state index is -0.145. The third-order valence-electron chi connectivity index (χ3n) is 3.64. The Morgan fingerprint density at radius 1 is 1.33 bits per heavy atom. The van der Waals surface area contributed by atoms with E-state index in [9.17, 15) is 9.59 Å². The monoisotopic (exact) mass is 289 g/mol. The lowest BCUT2D eigenvalue weighted by Crippen LogP contribution is -2.29. The van der Waals surface area contributed by atoms with E-state index in [1.807, 2.05) is 0 Å². The summed E-state index contributed by atoms with van der Waals surface area (Å²) in [5, 5.41) is 2.87. The average molecular weight is 289 g/mol. The number of hydrogen-bond donors (Lipinski definition) is 1. The van der Waals surface area contributed by atoms with Gasteiger partial charge in [-0.25, -0.2) is 0 Å². The molecule has 0 bridgehead atoms. The van der Waals surface area contributed by atoms with Crippen molar-refractivity contribution in [2.24, 2.45) is 5.92 Å². The third kappa shape index (κ3) is 4.28. The van der Waals surface area contributed by atoms with E-state index in [1.54, 1.807) is 17.0 Å². The minimum Gasteiger partial charge on any atom is -0.352 e. The van der Waals surface area contributed by atoms with Crippen LogP contribution in [0.3, 0.4) is 0 Å². The normalized spacial score (nSPS) is 14.5. The number of carbonyl (C=O) groups is 2. The molecule has 0 aliphatic carbocycles. The van der Waals surface area contributed by atoms with Crippen LogP contribution in [0, 0.1) is 5.92 Å². The van der Waals surface area contributed by atoms with E-state index >= 15 is 0 Å². The van der Waals surface area contributed by atoms with Crippen LogP contribution in [0.25, 0.3) is 0 Å². The number of rotatable bonds is 5. The van der Waals surface area contributed by atoms with E-state index in [4.69, 9.17) is 0 Å². The maximum atomic E-state index is 12.3. The molecule has 2 amide bonds. The van der Waals surface area contributed by atoms with Crippen LogP contribution < -0.4 is 5.32 Å². The summed E-state index contributed by atoms with van der Waals surface area (Å²) in [7, 11) is 0. The Morgan fingerprint density at radius 3 is 2.71 bits per heavy atom. The lowest BCUT2D eigenvalue weighted by atomic mass is 10.1. The van der Waals surface area contributed by atoms with Crippen LogP contribution in [-0.4, -0.2) is 41.3 Å². The van der Waals surface area contributed by atoms with Crippen LogP contribution in [0.5, 0.6) is 0 Å². The van der Waals surface area contributed by atoms with Gasteiger partial charge in [0, 0.05) is 31.4 Å². The highest BCUT2D eigenvalue weighted by molar-refractivity contribution is 5.98. The fourth-order valence-corrected chi connectivity index (χ4v) is 2.35.